The summed E-state index contributed by atoms with van der Waals surface area (Å²) in [7, 11) is 1.62. The van der Waals surface area contributed by atoms with E-state index in [0.29, 0.717) is 19.3 Å². The Hall–Kier alpha value is -1.15. The molecular weight excluding hydrogens is 200 g/mol. The fourth-order valence-corrected chi connectivity index (χ4v) is 2.00. The minimum atomic E-state index is -0.643. The van der Waals surface area contributed by atoms with Gasteiger partial charge in [0.15, 0.2) is 5.78 Å². The Balaban J connectivity index is 2.91. The fraction of sp³-hybridized carbons (Fsp3) is 0.500. The van der Waals surface area contributed by atoms with Crippen molar-refractivity contribution < 1.29 is 9.53 Å². The molecule has 0 heterocycles. The summed E-state index contributed by atoms with van der Waals surface area (Å²) in [5, 5.41) is 0. The van der Waals surface area contributed by atoms with Gasteiger partial charge in [0, 0.05) is 20.0 Å². The topological polar surface area (TPSA) is 26.3 Å². The first-order valence-corrected chi connectivity index (χ1v) is 5.81. The van der Waals surface area contributed by atoms with Crippen molar-refractivity contribution >= 4 is 5.78 Å². The Morgan fingerprint density at radius 1 is 1.25 bits per heavy atom. The Morgan fingerprint density at radius 2 is 1.88 bits per heavy atom. The monoisotopic (exact) mass is 220 g/mol. The number of carbonyl (C=O) groups excluding carboxylic acids is 1. The van der Waals surface area contributed by atoms with Crippen molar-refractivity contribution in [2.24, 2.45) is 0 Å². The number of ketones is 1. The van der Waals surface area contributed by atoms with Crippen LogP contribution < -0.4 is 0 Å². The molecule has 0 aromatic heterocycles. The van der Waals surface area contributed by atoms with Crippen LogP contribution in [0.15, 0.2) is 30.3 Å². The Bertz CT molecular complexity index is 326. The lowest BCUT2D eigenvalue weighted by atomic mass is 9.86. The molecule has 88 valence electrons. The van der Waals surface area contributed by atoms with Gasteiger partial charge in [-0.1, -0.05) is 44.2 Å². The highest BCUT2D eigenvalue weighted by molar-refractivity contribution is 5.87. The van der Waals surface area contributed by atoms with Crippen molar-refractivity contribution in [1.82, 2.24) is 0 Å². The minimum Gasteiger partial charge on any atom is -0.370 e. The Morgan fingerprint density at radius 3 is 2.31 bits per heavy atom. The zero-order chi connectivity index (χ0) is 12.0. The third-order valence-corrected chi connectivity index (χ3v) is 3.12. The molecule has 1 aromatic rings. The summed E-state index contributed by atoms with van der Waals surface area (Å²) in [4.78, 5) is 12.0. The van der Waals surface area contributed by atoms with Gasteiger partial charge in [0.25, 0.3) is 0 Å². The number of hydrogen-bond donors (Lipinski definition) is 0. The molecule has 0 amide bonds. The quantitative estimate of drug-likeness (QED) is 0.736. The van der Waals surface area contributed by atoms with Gasteiger partial charge >= 0.3 is 0 Å². The molecule has 0 saturated carbocycles. The normalized spacial score (nSPS) is 14.4. The molecule has 2 nitrogen and oxygen atoms in total. The largest absolute Gasteiger partial charge is 0.370 e. The van der Waals surface area contributed by atoms with E-state index in [9.17, 15) is 4.79 Å². The smallest absolute Gasteiger partial charge is 0.164 e. The number of methoxy groups -OCH3 is 1. The van der Waals surface area contributed by atoms with Crippen LogP contribution in [0.3, 0.4) is 0 Å². The Labute approximate surface area is 97.6 Å². The van der Waals surface area contributed by atoms with Crippen molar-refractivity contribution in [3.05, 3.63) is 35.9 Å². The molecule has 1 rings (SSSR count). The van der Waals surface area contributed by atoms with E-state index in [4.69, 9.17) is 4.74 Å². The molecular formula is C14H20O2. The van der Waals surface area contributed by atoms with Crippen molar-refractivity contribution in [1.29, 1.82) is 0 Å². The maximum Gasteiger partial charge on any atom is 0.164 e. The predicted octanol–water partition coefficient (Wildman–Crippen LogP) is 3.00. The maximum absolute atomic E-state index is 12.0. The summed E-state index contributed by atoms with van der Waals surface area (Å²) < 4.78 is 5.49. The molecule has 0 radical (unpaired) electrons. The third kappa shape index (κ3) is 2.70. The molecule has 0 spiro atoms. The molecule has 0 N–H and O–H groups in total. The molecule has 0 aliphatic heterocycles. The maximum atomic E-state index is 12.0. The molecule has 2 heteroatoms. The standard InChI is InChI=1S/C14H20O2/c1-4-13(15)14(5-2,16-3)11-12-9-7-6-8-10-12/h6-10H,4-5,11H2,1-3H3. The summed E-state index contributed by atoms with van der Waals surface area (Å²) in [6.07, 6.45) is 1.90. The van der Waals surface area contributed by atoms with Gasteiger partial charge < -0.3 is 4.74 Å². The van der Waals surface area contributed by atoms with Crippen LogP contribution >= 0.6 is 0 Å². The van der Waals surface area contributed by atoms with Crippen LogP contribution in [-0.2, 0) is 16.0 Å². The zero-order valence-corrected chi connectivity index (χ0v) is 10.3. The van der Waals surface area contributed by atoms with Crippen LogP contribution in [0.2, 0.25) is 0 Å². The summed E-state index contributed by atoms with van der Waals surface area (Å²) >= 11 is 0. The Kier molecular flexibility index (Phi) is 4.69. The fourth-order valence-electron chi connectivity index (χ4n) is 2.00. The molecule has 1 unspecified atom stereocenters. The summed E-state index contributed by atoms with van der Waals surface area (Å²) in [5.41, 5.74) is 0.504. The molecule has 0 saturated heterocycles. The van der Waals surface area contributed by atoms with Gasteiger partial charge in [0.2, 0.25) is 0 Å². The molecule has 0 aliphatic carbocycles. The van der Waals surface area contributed by atoms with Gasteiger partial charge in [-0.3, -0.25) is 4.79 Å². The van der Waals surface area contributed by atoms with E-state index in [1.54, 1.807) is 7.11 Å². The number of Topliss-reactive ketones (excluding diaryl/α,β-unsaturated/α-hetero) is 1. The summed E-state index contributed by atoms with van der Waals surface area (Å²) in [6, 6.07) is 10.0. The number of carbonyl (C=O) groups is 1. The molecule has 1 aromatic carbocycles. The molecule has 16 heavy (non-hydrogen) atoms. The zero-order valence-electron chi connectivity index (χ0n) is 10.3. The van der Waals surface area contributed by atoms with Gasteiger partial charge in [0.1, 0.15) is 5.60 Å². The third-order valence-electron chi connectivity index (χ3n) is 3.12. The van der Waals surface area contributed by atoms with E-state index in [1.165, 1.54) is 0 Å². The van der Waals surface area contributed by atoms with E-state index in [2.05, 4.69) is 0 Å². The second-order valence-corrected chi connectivity index (χ2v) is 3.99. The number of benzene rings is 1. The number of rotatable bonds is 6. The lowest BCUT2D eigenvalue weighted by Gasteiger charge is -2.29. The highest BCUT2D eigenvalue weighted by Gasteiger charge is 2.35. The van der Waals surface area contributed by atoms with Gasteiger partial charge in [-0.25, -0.2) is 0 Å². The highest BCUT2D eigenvalue weighted by Crippen LogP contribution is 2.23. The van der Waals surface area contributed by atoms with Crippen LogP contribution in [0.25, 0.3) is 0 Å². The van der Waals surface area contributed by atoms with Crippen LogP contribution in [0.5, 0.6) is 0 Å². The first kappa shape index (κ1) is 12.9. The molecule has 0 bridgehead atoms. The molecule has 0 aliphatic rings. The van der Waals surface area contributed by atoms with E-state index in [0.717, 1.165) is 5.56 Å². The van der Waals surface area contributed by atoms with E-state index >= 15 is 0 Å². The lowest BCUT2D eigenvalue weighted by molar-refractivity contribution is -0.141. The van der Waals surface area contributed by atoms with E-state index in [-0.39, 0.29) is 5.78 Å². The van der Waals surface area contributed by atoms with Crippen LogP contribution in [0.1, 0.15) is 32.3 Å². The van der Waals surface area contributed by atoms with Crippen molar-refractivity contribution in [2.75, 3.05) is 7.11 Å². The summed E-state index contributed by atoms with van der Waals surface area (Å²) in [6.45, 7) is 3.89. The van der Waals surface area contributed by atoms with E-state index < -0.39 is 5.60 Å². The number of ether oxygens (including phenoxy) is 1. The number of hydrogen-bond acceptors (Lipinski definition) is 2. The highest BCUT2D eigenvalue weighted by atomic mass is 16.5. The first-order valence-electron chi connectivity index (χ1n) is 5.81. The van der Waals surface area contributed by atoms with Crippen LogP contribution in [-0.4, -0.2) is 18.5 Å². The SMILES string of the molecule is CCC(=O)C(CC)(Cc1ccccc1)OC. The molecule has 0 fully saturated rings. The summed E-state index contributed by atoms with van der Waals surface area (Å²) in [5.74, 6) is 0.182. The van der Waals surface area contributed by atoms with Crippen molar-refractivity contribution in [3.63, 3.8) is 0 Å². The van der Waals surface area contributed by atoms with E-state index in [1.807, 2.05) is 44.2 Å². The van der Waals surface area contributed by atoms with Crippen LogP contribution in [0.4, 0.5) is 0 Å². The van der Waals surface area contributed by atoms with Gasteiger partial charge in [-0.05, 0) is 12.0 Å². The average molecular weight is 220 g/mol. The lowest BCUT2D eigenvalue weighted by Crippen LogP contribution is -2.42. The second kappa shape index (κ2) is 5.80. The average Bonchev–Trinajstić information content (AvgIpc) is 2.36. The first-order chi connectivity index (χ1) is 7.68. The minimum absolute atomic E-state index is 0.182. The van der Waals surface area contributed by atoms with Gasteiger partial charge in [-0.2, -0.15) is 0 Å². The van der Waals surface area contributed by atoms with Gasteiger partial charge in [0.05, 0.1) is 0 Å². The van der Waals surface area contributed by atoms with Crippen LogP contribution in [0, 0.1) is 0 Å². The predicted molar refractivity (Wildman–Crippen MR) is 65.5 cm³/mol. The van der Waals surface area contributed by atoms with Crippen molar-refractivity contribution in [3.8, 4) is 0 Å². The molecule has 1 atom stereocenters. The van der Waals surface area contributed by atoms with Crippen molar-refractivity contribution in [2.45, 2.75) is 38.7 Å². The van der Waals surface area contributed by atoms with Gasteiger partial charge in [-0.15, -0.1) is 0 Å². The second-order valence-electron chi connectivity index (χ2n) is 3.99.